The highest BCUT2D eigenvalue weighted by Crippen LogP contribution is 2.20. The topological polar surface area (TPSA) is 63.5 Å². The van der Waals surface area contributed by atoms with Crippen molar-refractivity contribution >= 4 is 11.7 Å². The lowest BCUT2D eigenvalue weighted by Crippen LogP contribution is -2.50. The first-order valence-electron chi connectivity index (χ1n) is 8.81. The number of rotatable bonds is 3. The molecular formula is C18H23N5O2. The molecule has 0 radical (unpaired) electrons. The molecule has 2 aliphatic heterocycles. The van der Waals surface area contributed by atoms with E-state index in [0.29, 0.717) is 13.2 Å². The third-order valence-electron chi connectivity index (χ3n) is 4.87. The number of piperazine rings is 1. The zero-order valence-corrected chi connectivity index (χ0v) is 14.5. The van der Waals surface area contributed by atoms with Crippen LogP contribution >= 0.6 is 0 Å². The van der Waals surface area contributed by atoms with E-state index < -0.39 is 0 Å². The molecule has 0 spiro atoms. The number of anilines is 1. The Balaban J connectivity index is 1.45. The van der Waals surface area contributed by atoms with Crippen LogP contribution < -0.4 is 4.90 Å². The molecule has 2 aromatic heterocycles. The van der Waals surface area contributed by atoms with Gasteiger partial charge in [-0.1, -0.05) is 0 Å². The van der Waals surface area contributed by atoms with Gasteiger partial charge in [0, 0.05) is 51.2 Å². The van der Waals surface area contributed by atoms with Crippen LogP contribution in [0.2, 0.25) is 0 Å². The zero-order valence-electron chi connectivity index (χ0n) is 14.5. The second-order valence-corrected chi connectivity index (χ2v) is 6.59. The summed E-state index contributed by atoms with van der Waals surface area (Å²) < 4.78 is 7.33. The lowest BCUT2D eigenvalue weighted by molar-refractivity contribution is -0.135. The van der Waals surface area contributed by atoms with Gasteiger partial charge in [0.05, 0.1) is 12.5 Å². The van der Waals surface area contributed by atoms with E-state index in [4.69, 9.17) is 4.74 Å². The van der Waals surface area contributed by atoms with Gasteiger partial charge in [0.15, 0.2) is 0 Å². The highest BCUT2D eigenvalue weighted by atomic mass is 16.5. The molecule has 0 aliphatic carbocycles. The molecule has 25 heavy (non-hydrogen) atoms. The van der Waals surface area contributed by atoms with Gasteiger partial charge >= 0.3 is 0 Å². The number of amides is 1. The monoisotopic (exact) mass is 341 g/mol. The summed E-state index contributed by atoms with van der Waals surface area (Å²) in [7, 11) is 0. The normalized spacial score (nSPS) is 20.9. The maximum absolute atomic E-state index is 12.5. The molecule has 1 unspecified atom stereocenters. The summed E-state index contributed by atoms with van der Waals surface area (Å²) in [6.07, 6.45) is 4.81. The number of carbonyl (C=O) groups is 1. The van der Waals surface area contributed by atoms with Crippen LogP contribution in [0.4, 0.5) is 5.82 Å². The summed E-state index contributed by atoms with van der Waals surface area (Å²) in [6, 6.07) is 5.97. The maximum Gasteiger partial charge on any atom is 0.228 e. The first kappa shape index (κ1) is 16.1. The fraction of sp³-hybridized carbons (Fsp3) is 0.500. The zero-order chi connectivity index (χ0) is 17.2. The predicted molar refractivity (Wildman–Crippen MR) is 93.8 cm³/mol. The Labute approximate surface area is 147 Å². The van der Waals surface area contributed by atoms with Crippen LogP contribution in [0.25, 0.3) is 5.82 Å². The fourth-order valence-electron chi connectivity index (χ4n) is 3.46. The van der Waals surface area contributed by atoms with Crippen molar-refractivity contribution in [3.63, 3.8) is 0 Å². The minimum Gasteiger partial charge on any atom is -0.381 e. The molecule has 0 saturated carbocycles. The van der Waals surface area contributed by atoms with E-state index >= 15 is 0 Å². The molecule has 2 aromatic rings. The van der Waals surface area contributed by atoms with Crippen LogP contribution in [0.5, 0.6) is 0 Å². The van der Waals surface area contributed by atoms with Gasteiger partial charge in [0.2, 0.25) is 5.91 Å². The molecule has 0 aromatic carbocycles. The average Bonchev–Trinajstić information content (AvgIpc) is 3.34. The van der Waals surface area contributed by atoms with Crippen LogP contribution in [-0.2, 0) is 9.53 Å². The van der Waals surface area contributed by atoms with Crippen molar-refractivity contribution in [1.82, 2.24) is 19.4 Å². The van der Waals surface area contributed by atoms with Crippen molar-refractivity contribution in [3.05, 3.63) is 36.4 Å². The van der Waals surface area contributed by atoms with E-state index in [1.807, 2.05) is 47.0 Å². The van der Waals surface area contributed by atoms with E-state index in [1.54, 1.807) is 0 Å². The molecule has 2 aliphatic rings. The Morgan fingerprint density at radius 1 is 1.12 bits per heavy atom. The molecular weight excluding hydrogens is 318 g/mol. The molecule has 132 valence electrons. The number of aromatic nitrogens is 3. The molecule has 7 heteroatoms. The molecule has 4 rings (SSSR count). The second-order valence-electron chi connectivity index (χ2n) is 6.59. The van der Waals surface area contributed by atoms with Crippen LogP contribution in [-0.4, -0.2) is 64.7 Å². The van der Waals surface area contributed by atoms with Crippen molar-refractivity contribution in [3.8, 4) is 5.82 Å². The van der Waals surface area contributed by atoms with Gasteiger partial charge < -0.3 is 19.1 Å². The minimum atomic E-state index is 0.0492. The quantitative estimate of drug-likeness (QED) is 0.841. The fourth-order valence-corrected chi connectivity index (χ4v) is 3.46. The number of ether oxygens (including phenoxy) is 1. The summed E-state index contributed by atoms with van der Waals surface area (Å²) in [5.74, 6) is 2.83. The third kappa shape index (κ3) is 3.37. The Kier molecular flexibility index (Phi) is 4.40. The molecule has 2 saturated heterocycles. The van der Waals surface area contributed by atoms with Crippen LogP contribution in [0, 0.1) is 12.8 Å². The lowest BCUT2D eigenvalue weighted by Gasteiger charge is -2.36. The van der Waals surface area contributed by atoms with E-state index in [2.05, 4.69) is 14.9 Å². The van der Waals surface area contributed by atoms with Gasteiger partial charge in [0.1, 0.15) is 17.5 Å². The van der Waals surface area contributed by atoms with Crippen LogP contribution in [0.3, 0.4) is 0 Å². The minimum absolute atomic E-state index is 0.0492. The summed E-state index contributed by atoms with van der Waals surface area (Å²) in [6.45, 7) is 6.25. The molecule has 0 N–H and O–H groups in total. The van der Waals surface area contributed by atoms with E-state index in [0.717, 1.165) is 50.1 Å². The van der Waals surface area contributed by atoms with E-state index in [1.165, 1.54) is 0 Å². The maximum atomic E-state index is 12.5. The molecule has 2 fully saturated rings. The molecule has 4 heterocycles. The number of carbonyl (C=O) groups excluding carboxylic acids is 1. The summed E-state index contributed by atoms with van der Waals surface area (Å²) >= 11 is 0. The van der Waals surface area contributed by atoms with Gasteiger partial charge in [-0.05, 0) is 25.5 Å². The van der Waals surface area contributed by atoms with Gasteiger partial charge in [-0.2, -0.15) is 0 Å². The van der Waals surface area contributed by atoms with Crippen molar-refractivity contribution in [2.45, 2.75) is 13.3 Å². The largest absolute Gasteiger partial charge is 0.381 e. The summed E-state index contributed by atoms with van der Waals surface area (Å²) in [5, 5.41) is 0. The smallest absolute Gasteiger partial charge is 0.228 e. The predicted octanol–water partition coefficient (Wildman–Crippen LogP) is 1.26. The van der Waals surface area contributed by atoms with Crippen LogP contribution in [0.1, 0.15) is 12.2 Å². The first-order valence-corrected chi connectivity index (χ1v) is 8.81. The number of hydrogen-bond donors (Lipinski definition) is 0. The summed E-state index contributed by atoms with van der Waals surface area (Å²) in [4.78, 5) is 25.8. The van der Waals surface area contributed by atoms with Crippen molar-refractivity contribution < 1.29 is 9.53 Å². The highest BCUT2D eigenvalue weighted by Gasteiger charge is 2.30. The van der Waals surface area contributed by atoms with Gasteiger partial charge in [0.25, 0.3) is 0 Å². The second kappa shape index (κ2) is 6.84. The Morgan fingerprint density at radius 2 is 1.84 bits per heavy atom. The third-order valence-corrected chi connectivity index (χ3v) is 4.87. The number of aryl methyl sites for hydroxylation is 1. The van der Waals surface area contributed by atoms with Gasteiger partial charge in [-0.3, -0.25) is 4.79 Å². The van der Waals surface area contributed by atoms with Crippen molar-refractivity contribution in [2.75, 3.05) is 44.3 Å². The Hall–Kier alpha value is -2.41. The van der Waals surface area contributed by atoms with Crippen molar-refractivity contribution in [1.29, 1.82) is 0 Å². The van der Waals surface area contributed by atoms with Gasteiger partial charge in [-0.15, -0.1) is 0 Å². The van der Waals surface area contributed by atoms with Crippen molar-refractivity contribution in [2.24, 2.45) is 5.92 Å². The lowest BCUT2D eigenvalue weighted by atomic mass is 10.1. The van der Waals surface area contributed by atoms with Crippen LogP contribution in [0.15, 0.2) is 30.6 Å². The SMILES string of the molecule is Cc1nc(N2CCN(C(=O)C3CCOC3)CC2)cc(-n2cccc2)n1. The molecule has 1 amide bonds. The van der Waals surface area contributed by atoms with Gasteiger partial charge in [-0.25, -0.2) is 9.97 Å². The Morgan fingerprint density at radius 3 is 2.52 bits per heavy atom. The molecule has 1 atom stereocenters. The standard InChI is InChI=1S/C18H23N5O2/c1-14-19-16(21-5-2-3-6-21)12-17(20-14)22-7-9-23(10-8-22)18(24)15-4-11-25-13-15/h2-3,5-6,12,15H,4,7-11,13H2,1H3. The molecule has 0 bridgehead atoms. The van der Waals surface area contributed by atoms with E-state index in [-0.39, 0.29) is 11.8 Å². The Bertz CT molecular complexity index is 732. The van der Waals surface area contributed by atoms with E-state index in [9.17, 15) is 4.79 Å². The number of nitrogens with zero attached hydrogens (tertiary/aromatic N) is 5. The average molecular weight is 341 g/mol. The number of hydrogen-bond acceptors (Lipinski definition) is 5. The highest BCUT2D eigenvalue weighted by molar-refractivity contribution is 5.79. The molecule has 7 nitrogen and oxygen atoms in total. The summed E-state index contributed by atoms with van der Waals surface area (Å²) in [5.41, 5.74) is 0. The first-order chi connectivity index (χ1) is 12.2.